The lowest BCUT2D eigenvalue weighted by Crippen LogP contribution is -2.49. The molecule has 1 aliphatic heterocycles. The molecule has 5 nitrogen and oxygen atoms in total. The van der Waals surface area contributed by atoms with Crippen molar-refractivity contribution in [2.45, 2.75) is 38.6 Å². The van der Waals surface area contributed by atoms with Gasteiger partial charge in [0.2, 0.25) is 5.91 Å². The van der Waals surface area contributed by atoms with E-state index < -0.39 is 6.04 Å². The molecule has 120 valence electrons. The van der Waals surface area contributed by atoms with E-state index >= 15 is 0 Å². The molecule has 0 N–H and O–H groups in total. The number of carbonyl (C=O) groups excluding carboxylic acids is 2. The fourth-order valence-electron chi connectivity index (χ4n) is 2.76. The molecular formula is C17H23NO4. The number of amides is 1. The van der Waals surface area contributed by atoms with Gasteiger partial charge in [0.1, 0.15) is 11.8 Å². The number of hydrogen-bond acceptors (Lipinski definition) is 4. The Labute approximate surface area is 131 Å². The summed E-state index contributed by atoms with van der Waals surface area (Å²) in [7, 11) is 1.37. The molecule has 1 fully saturated rings. The Morgan fingerprint density at radius 1 is 1.23 bits per heavy atom. The second-order valence-electron chi connectivity index (χ2n) is 5.38. The summed E-state index contributed by atoms with van der Waals surface area (Å²) in [6.07, 6.45) is 2.86. The highest BCUT2D eigenvalue weighted by Gasteiger charge is 2.32. The predicted octanol–water partition coefficient (Wildman–Crippen LogP) is 2.18. The number of rotatable bonds is 5. The zero-order valence-corrected chi connectivity index (χ0v) is 13.2. The van der Waals surface area contributed by atoms with E-state index in [1.54, 1.807) is 4.90 Å². The summed E-state index contributed by atoms with van der Waals surface area (Å²) in [6.45, 7) is 3.17. The summed E-state index contributed by atoms with van der Waals surface area (Å²) >= 11 is 0. The van der Waals surface area contributed by atoms with Crippen molar-refractivity contribution in [3.63, 3.8) is 0 Å². The summed E-state index contributed by atoms with van der Waals surface area (Å²) < 4.78 is 10.2. The molecule has 1 amide bonds. The van der Waals surface area contributed by atoms with Crippen molar-refractivity contribution in [1.29, 1.82) is 0 Å². The van der Waals surface area contributed by atoms with Crippen LogP contribution in [0.5, 0.6) is 5.75 Å². The molecule has 1 saturated heterocycles. The monoisotopic (exact) mass is 305 g/mol. The van der Waals surface area contributed by atoms with Crippen LogP contribution in [0.1, 0.15) is 31.7 Å². The van der Waals surface area contributed by atoms with E-state index in [1.165, 1.54) is 7.11 Å². The highest BCUT2D eigenvalue weighted by atomic mass is 16.5. The first-order chi connectivity index (χ1) is 10.7. The van der Waals surface area contributed by atoms with E-state index in [4.69, 9.17) is 9.47 Å². The lowest BCUT2D eigenvalue weighted by Gasteiger charge is -2.33. The molecule has 0 radical (unpaired) electrons. The summed E-state index contributed by atoms with van der Waals surface area (Å²) in [5.41, 5.74) is 0.919. The maximum atomic E-state index is 12.5. The van der Waals surface area contributed by atoms with Crippen LogP contribution in [0.3, 0.4) is 0 Å². The van der Waals surface area contributed by atoms with E-state index in [0.717, 1.165) is 24.2 Å². The molecule has 0 saturated carbocycles. The number of nitrogens with zero attached hydrogens (tertiary/aromatic N) is 1. The molecule has 1 unspecified atom stereocenters. The first-order valence-electron chi connectivity index (χ1n) is 7.74. The molecule has 1 atom stereocenters. The summed E-state index contributed by atoms with van der Waals surface area (Å²) in [6, 6.07) is 7.06. The molecule has 2 rings (SSSR count). The Morgan fingerprint density at radius 3 is 2.59 bits per heavy atom. The van der Waals surface area contributed by atoms with Crippen LogP contribution in [0.2, 0.25) is 0 Å². The minimum absolute atomic E-state index is 0.0285. The maximum absolute atomic E-state index is 12.5. The Bertz CT molecular complexity index is 512. The van der Waals surface area contributed by atoms with E-state index in [1.807, 2.05) is 31.2 Å². The van der Waals surface area contributed by atoms with Crippen molar-refractivity contribution in [2.24, 2.45) is 0 Å². The molecular weight excluding hydrogens is 282 g/mol. The van der Waals surface area contributed by atoms with Crippen molar-refractivity contribution in [2.75, 3.05) is 20.3 Å². The normalized spacial score (nSPS) is 17.9. The summed E-state index contributed by atoms with van der Waals surface area (Å²) in [5.74, 6) is 0.447. The van der Waals surface area contributed by atoms with Crippen LogP contribution in [0, 0.1) is 0 Å². The molecule has 1 aliphatic rings. The van der Waals surface area contributed by atoms with E-state index in [2.05, 4.69) is 0 Å². The van der Waals surface area contributed by atoms with Gasteiger partial charge in [-0.15, -0.1) is 0 Å². The van der Waals surface area contributed by atoms with E-state index in [0.29, 0.717) is 26.0 Å². The second-order valence-corrected chi connectivity index (χ2v) is 5.38. The minimum atomic E-state index is -0.436. The zero-order valence-electron chi connectivity index (χ0n) is 13.2. The van der Waals surface area contributed by atoms with E-state index in [9.17, 15) is 9.59 Å². The molecule has 1 aromatic carbocycles. The van der Waals surface area contributed by atoms with Crippen LogP contribution in [-0.2, 0) is 20.7 Å². The number of ether oxygens (including phenoxy) is 2. The topological polar surface area (TPSA) is 55.8 Å². The highest BCUT2D eigenvalue weighted by molar-refractivity contribution is 5.86. The van der Waals surface area contributed by atoms with Gasteiger partial charge in [0, 0.05) is 6.54 Å². The number of esters is 1. The Balaban J connectivity index is 2.01. The molecule has 5 heteroatoms. The van der Waals surface area contributed by atoms with Gasteiger partial charge in [-0.05, 0) is 43.9 Å². The van der Waals surface area contributed by atoms with Gasteiger partial charge in [-0.25, -0.2) is 4.79 Å². The Hall–Kier alpha value is -2.04. The van der Waals surface area contributed by atoms with Gasteiger partial charge in [0.05, 0.1) is 20.1 Å². The third-order valence-corrected chi connectivity index (χ3v) is 3.89. The molecule has 1 heterocycles. The average Bonchev–Trinajstić information content (AvgIpc) is 2.56. The largest absolute Gasteiger partial charge is 0.494 e. The van der Waals surface area contributed by atoms with Gasteiger partial charge in [-0.2, -0.15) is 0 Å². The van der Waals surface area contributed by atoms with Crippen molar-refractivity contribution >= 4 is 11.9 Å². The summed E-state index contributed by atoms with van der Waals surface area (Å²) in [5, 5.41) is 0. The van der Waals surface area contributed by atoms with Crippen LogP contribution in [-0.4, -0.2) is 43.1 Å². The fraction of sp³-hybridized carbons (Fsp3) is 0.529. The number of benzene rings is 1. The molecule has 0 spiro atoms. The fourth-order valence-corrected chi connectivity index (χ4v) is 2.76. The molecule has 0 aromatic heterocycles. The number of hydrogen-bond donors (Lipinski definition) is 0. The predicted molar refractivity (Wildman–Crippen MR) is 82.7 cm³/mol. The molecule has 0 aliphatic carbocycles. The van der Waals surface area contributed by atoms with Gasteiger partial charge in [0.15, 0.2) is 0 Å². The number of carbonyl (C=O) groups is 2. The number of methoxy groups -OCH3 is 1. The molecule has 0 bridgehead atoms. The van der Waals surface area contributed by atoms with Crippen LogP contribution in [0.4, 0.5) is 0 Å². The van der Waals surface area contributed by atoms with Crippen molar-refractivity contribution in [3.05, 3.63) is 29.8 Å². The van der Waals surface area contributed by atoms with Gasteiger partial charge < -0.3 is 14.4 Å². The van der Waals surface area contributed by atoms with Crippen LogP contribution in [0.25, 0.3) is 0 Å². The Kier molecular flexibility index (Phi) is 5.81. The van der Waals surface area contributed by atoms with Crippen molar-refractivity contribution in [1.82, 2.24) is 4.90 Å². The highest BCUT2D eigenvalue weighted by Crippen LogP contribution is 2.20. The lowest BCUT2D eigenvalue weighted by atomic mass is 10.0. The molecule has 22 heavy (non-hydrogen) atoms. The molecule has 1 aromatic rings. The van der Waals surface area contributed by atoms with Crippen LogP contribution in [0.15, 0.2) is 24.3 Å². The lowest BCUT2D eigenvalue weighted by molar-refractivity contribution is -0.154. The van der Waals surface area contributed by atoms with Gasteiger partial charge in [-0.1, -0.05) is 12.1 Å². The van der Waals surface area contributed by atoms with Gasteiger partial charge in [-0.3, -0.25) is 4.79 Å². The third kappa shape index (κ3) is 4.00. The Morgan fingerprint density at radius 2 is 1.95 bits per heavy atom. The average molecular weight is 305 g/mol. The number of piperidine rings is 1. The van der Waals surface area contributed by atoms with Crippen molar-refractivity contribution < 1.29 is 19.1 Å². The quantitative estimate of drug-likeness (QED) is 0.782. The third-order valence-electron chi connectivity index (χ3n) is 3.89. The smallest absolute Gasteiger partial charge is 0.328 e. The van der Waals surface area contributed by atoms with Gasteiger partial charge >= 0.3 is 5.97 Å². The first kappa shape index (κ1) is 16.3. The van der Waals surface area contributed by atoms with Gasteiger partial charge in [0.25, 0.3) is 0 Å². The zero-order chi connectivity index (χ0) is 15.9. The first-order valence-corrected chi connectivity index (χ1v) is 7.74. The van der Waals surface area contributed by atoms with Crippen LogP contribution < -0.4 is 4.74 Å². The summed E-state index contributed by atoms with van der Waals surface area (Å²) in [4.78, 5) is 26.0. The van der Waals surface area contributed by atoms with E-state index in [-0.39, 0.29) is 11.9 Å². The SMILES string of the molecule is CCOc1ccc(CC(=O)N2CCCCC2C(=O)OC)cc1. The minimum Gasteiger partial charge on any atom is -0.494 e. The van der Waals surface area contributed by atoms with Crippen LogP contribution >= 0.6 is 0 Å². The second kappa shape index (κ2) is 7.82. The van der Waals surface area contributed by atoms with Crippen molar-refractivity contribution in [3.8, 4) is 5.75 Å². The maximum Gasteiger partial charge on any atom is 0.328 e. The number of likely N-dealkylation sites (tertiary alicyclic amines) is 1. The standard InChI is InChI=1S/C17H23NO4/c1-3-22-14-9-7-13(8-10-14)12-16(19)18-11-5-4-6-15(18)17(20)21-2/h7-10,15H,3-6,11-12H2,1-2H3.